The molecule has 1 aromatic carbocycles. The topological polar surface area (TPSA) is 83.8 Å². The second-order valence-electron chi connectivity index (χ2n) is 2.77. The normalized spacial score (nSPS) is 9.50. The molecular weight excluding hydrogens is 239 g/mol. The van der Waals surface area contributed by atoms with E-state index in [-0.39, 0.29) is 39.9 Å². The van der Waals surface area contributed by atoms with Crippen LogP contribution in [-0.4, -0.2) is 60.8 Å². The molecule has 1 aromatic heterocycles. The monoisotopic (exact) mass is 245 g/mol. The van der Waals surface area contributed by atoms with Crippen molar-refractivity contribution in [1.29, 1.82) is 0 Å². The van der Waals surface area contributed by atoms with Crippen LogP contribution in [-0.2, 0) is 0 Å². The van der Waals surface area contributed by atoms with Gasteiger partial charge in [0.15, 0.2) is 0 Å². The van der Waals surface area contributed by atoms with E-state index in [1.807, 2.05) is 0 Å². The summed E-state index contributed by atoms with van der Waals surface area (Å²) in [5.41, 5.74) is 0.910. The molecule has 0 fully saturated rings. The SMILES string of the molecule is O=C(O)c1ccc(-n2[nH]nnc2=S)cc1.[Na]. The fourth-order valence-corrected chi connectivity index (χ4v) is 1.31. The van der Waals surface area contributed by atoms with Gasteiger partial charge >= 0.3 is 5.97 Å². The maximum atomic E-state index is 10.6. The first-order valence-electron chi connectivity index (χ1n) is 4.02. The summed E-state index contributed by atoms with van der Waals surface area (Å²) in [5.74, 6) is -0.965. The first-order chi connectivity index (χ1) is 7.18. The Morgan fingerprint density at radius 2 is 2.00 bits per heavy atom. The molecule has 2 N–H and O–H groups in total. The van der Waals surface area contributed by atoms with Gasteiger partial charge < -0.3 is 5.11 Å². The quantitative estimate of drug-likeness (QED) is 0.599. The van der Waals surface area contributed by atoms with E-state index in [0.29, 0.717) is 5.69 Å². The van der Waals surface area contributed by atoms with Gasteiger partial charge in [-0.2, -0.15) is 5.21 Å². The predicted molar refractivity (Wildman–Crippen MR) is 59.3 cm³/mol. The number of H-pyrrole nitrogens is 1. The van der Waals surface area contributed by atoms with Gasteiger partial charge in [-0.25, -0.2) is 9.48 Å². The number of tetrazole rings is 1. The van der Waals surface area contributed by atoms with Crippen molar-refractivity contribution in [3.63, 3.8) is 0 Å². The fraction of sp³-hybridized carbons (Fsp3) is 0. The first-order valence-corrected chi connectivity index (χ1v) is 4.43. The number of carbonyl (C=O) groups is 1. The summed E-state index contributed by atoms with van der Waals surface area (Å²) >= 11 is 4.89. The summed E-state index contributed by atoms with van der Waals surface area (Å²) in [7, 11) is 0. The van der Waals surface area contributed by atoms with E-state index in [2.05, 4.69) is 15.5 Å². The van der Waals surface area contributed by atoms with Gasteiger partial charge in [0.25, 0.3) is 0 Å². The third-order valence-corrected chi connectivity index (χ3v) is 2.11. The van der Waals surface area contributed by atoms with Crippen molar-refractivity contribution in [2.24, 2.45) is 0 Å². The van der Waals surface area contributed by atoms with E-state index in [4.69, 9.17) is 17.3 Å². The van der Waals surface area contributed by atoms with Gasteiger partial charge in [0.2, 0.25) is 4.77 Å². The third kappa shape index (κ3) is 2.56. The summed E-state index contributed by atoms with van der Waals surface area (Å²) in [6, 6.07) is 6.22. The van der Waals surface area contributed by atoms with Crippen LogP contribution in [0.15, 0.2) is 24.3 Å². The Kier molecular flexibility index (Phi) is 4.36. The second kappa shape index (κ2) is 5.35. The smallest absolute Gasteiger partial charge is 0.335 e. The van der Waals surface area contributed by atoms with Gasteiger partial charge in [-0.15, -0.1) is 0 Å². The number of nitrogens with zero attached hydrogens (tertiary/aromatic N) is 3. The second-order valence-corrected chi connectivity index (χ2v) is 3.14. The van der Waals surface area contributed by atoms with Crippen LogP contribution in [0.25, 0.3) is 5.69 Å². The molecule has 0 atom stereocenters. The Labute approximate surface area is 118 Å². The summed E-state index contributed by atoms with van der Waals surface area (Å²) < 4.78 is 1.76. The van der Waals surface area contributed by atoms with E-state index in [1.54, 1.807) is 12.1 Å². The number of aromatic carboxylic acids is 1. The van der Waals surface area contributed by atoms with Crippen LogP contribution in [0.2, 0.25) is 0 Å². The molecule has 0 amide bonds. The molecule has 0 bridgehead atoms. The zero-order valence-electron chi connectivity index (χ0n) is 8.41. The summed E-state index contributed by atoms with van der Waals surface area (Å²) in [5, 5.41) is 18.4. The zero-order chi connectivity index (χ0) is 10.8. The van der Waals surface area contributed by atoms with Gasteiger partial charge in [0.1, 0.15) is 0 Å². The first kappa shape index (κ1) is 13.0. The molecule has 0 aliphatic carbocycles. The molecule has 1 radical (unpaired) electrons. The third-order valence-electron chi connectivity index (χ3n) is 1.84. The molecule has 6 nitrogen and oxygen atoms in total. The van der Waals surface area contributed by atoms with Crippen molar-refractivity contribution in [3.05, 3.63) is 34.6 Å². The molecule has 16 heavy (non-hydrogen) atoms. The van der Waals surface area contributed by atoms with Crippen molar-refractivity contribution < 1.29 is 9.90 Å². The van der Waals surface area contributed by atoms with Crippen molar-refractivity contribution in [2.75, 3.05) is 0 Å². The van der Waals surface area contributed by atoms with E-state index >= 15 is 0 Å². The Hall–Kier alpha value is -1.02. The number of hydrogen-bond donors (Lipinski definition) is 2. The zero-order valence-corrected chi connectivity index (χ0v) is 11.2. The molecule has 0 saturated heterocycles. The molecule has 77 valence electrons. The van der Waals surface area contributed by atoms with Crippen molar-refractivity contribution in [1.82, 2.24) is 20.2 Å². The Morgan fingerprint density at radius 3 is 2.44 bits per heavy atom. The van der Waals surface area contributed by atoms with Crippen molar-refractivity contribution in [2.45, 2.75) is 0 Å². The van der Waals surface area contributed by atoms with Crippen LogP contribution in [0.4, 0.5) is 0 Å². The average Bonchev–Trinajstić information content (AvgIpc) is 2.65. The molecule has 1 heterocycles. The molecule has 2 rings (SSSR count). The van der Waals surface area contributed by atoms with Crippen molar-refractivity contribution in [3.8, 4) is 5.69 Å². The number of hydrogen-bond acceptors (Lipinski definition) is 4. The standard InChI is InChI=1S/C8H6N4O2S.Na/c13-7(14)5-1-3-6(4-2-5)12-8(15)9-10-11-12;/h1-4H,(H,13,14)(H,9,11,15);. The molecule has 0 spiro atoms. The van der Waals surface area contributed by atoms with E-state index < -0.39 is 5.97 Å². The molecular formula is C8H6N4NaO2S. The van der Waals surface area contributed by atoms with Crippen LogP contribution in [0.1, 0.15) is 10.4 Å². The van der Waals surface area contributed by atoms with Gasteiger partial charge in [-0.1, -0.05) is 10.3 Å². The van der Waals surface area contributed by atoms with Gasteiger partial charge in [0.05, 0.1) is 11.3 Å². The van der Waals surface area contributed by atoms with Crippen LogP contribution < -0.4 is 0 Å². The van der Waals surface area contributed by atoms with Crippen LogP contribution in [0.3, 0.4) is 0 Å². The Bertz CT molecular complexity index is 548. The number of carboxylic acids is 1. The molecule has 2 aromatic rings. The fourth-order valence-electron chi connectivity index (χ4n) is 1.12. The van der Waals surface area contributed by atoms with E-state index in [0.717, 1.165) is 0 Å². The van der Waals surface area contributed by atoms with E-state index in [9.17, 15) is 4.79 Å². The maximum absolute atomic E-state index is 10.6. The largest absolute Gasteiger partial charge is 0.478 e. The average molecular weight is 245 g/mol. The van der Waals surface area contributed by atoms with Gasteiger partial charge in [-0.3, -0.25) is 0 Å². The molecule has 8 heteroatoms. The number of nitrogens with one attached hydrogen (secondary N) is 1. The van der Waals surface area contributed by atoms with Gasteiger partial charge in [-0.05, 0) is 36.5 Å². The minimum absolute atomic E-state index is 0. The minimum atomic E-state index is -0.965. The number of aromatic amines is 1. The minimum Gasteiger partial charge on any atom is -0.478 e. The maximum Gasteiger partial charge on any atom is 0.335 e. The molecule has 0 unspecified atom stereocenters. The number of rotatable bonds is 2. The summed E-state index contributed by atoms with van der Waals surface area (Å²) in [6.45, 7) is 0. The molecule has 0 aliphatic heterocycles. The summed E-state index contributed by atoms with van der Waals surface area (Å²) in [6.07, 6.45) is 0. The number of aromatic nitrogens is 4. The predicted octanol–water partition coefficient (Wildman–Crippen LogP) is 0.642. The Balaban J connectivity index is 0.00000128. The van der Waals surface area contributed by atoms with Crippen LogP contribution in [0.5, 0.6) is 0 Å². The Morgan fingerprint density at radius 1 is 1.38 bits per heavy atom. The van der Waals surface area contributed by atoms with E-state index in [1.165, 1.54) is 16.8 Å². The molecule has 0 aliphatic rings. The van der Waals surface area contributed by atoms with Crippen molar-refractivity contribution >= 4 is 47.7 Å². The van der Waals surface area contributed by atoms with Crippen LogP contribution >= 0.6 is 12.2 Å². The number of carboxylic acid groups (broad SMARTS) is 1. The summed E-state index contributed by atoms with van der Waals surface area (Å²) in [4.78, 5) is 10.6. The van der Waals surface area contributed by atoms with Crippen LogP contribution in [0, 0.1) is 4.77 Å². The molecule has 0 saturated carbocycles. The number of benzene rings is 1. The van der Waals surface area contributed by atoms with Gasteiger partial charge in [0, 0.05) is 29.6 Å².